The molecule has 26 heavy (non-hydrogen) atoms. The van der Waals surface area contributed by atoms with E-state index >= 15 is 0 Å². The first-order chi connectivity index (χ1) is 12.4. The van der Waals surface area contributed by atoms with Crippen LogP contribution in [0.1, 0.15) is 46.7 Å². The van der Waals surface area contributed by atoms with E-state index in [1.54, 1.807) is 0 Å². The van der Waals surface area contributed by atoms with Crippen molar-refractivity contribution in [2.45, 2.75) is 53.0 Å². The molecule has 2 atom stereocenters. The van der Waals surface area contributed by atoms with Gasteiger partial charge in [-0.05, 0) is 51.2 Å². The third kappa shape index (κ3) is 6.60. The van der Waals surface area contributed by atoms with Crippen LogP contribution in [0.2, 0.25) is 0 Å². The first-order valence-electron chi connectivity index (χ1n) is 10.1. The number of guanidine groups is 1. The number of aromatic nitrogens is 1. The Balaban J connectivity index is 1.89. The quantitative estimate of drug-likeness (QED) is 0.580. The van der Waals surface area contributed by atoms with Gasteiger partial charge in [0.05, 0.1) is 6.54 Å². The minimum absolute atomic E-state index is 0.0757. The van der Waals surface area contributed by atoms with Crippen molar-refractivity contribution in [3.63, 3.8) is 0 Å². The van der Waals surface area contributed by atoms with Crippen molar-refractivity contribution in [1.29, 1.82) is 0 Å². The average molecular weight is 360 g/mol. The number of piperidine rings is 1. The second-order valence-corrected chi connectivity index (χ2v) is 8.36. The lowest BCUT2D eigenvalue weighted by molar-refractivity contribution is 0.0512. The smallest absolute Gasteiger partial charge is 0.191 e. The van der Waals surface area contributed by atoms with Gasteiger partial charge in [0.1, 0.15) is 0 Å². The van der Waals surface area contributed by atoms with E-state index in [1.807, 2.05) is 18.3 Å². The van der Waals surface area contributed by atoms with E-state index in [4.69, 9.17) is 4.99 Å². The van der Waals surface area contributed by atoms with Crippen LogP contribution >= 0.6 is 0 Å². The van der Waals surface area contributed by atoms with Crippen molar-refractivity contribution in [2.24, 2.45) is 16.8 Å². The van der Waals surface area contributed by atoms with E-state index in [0.717, 1.165) is 49.5 Å². The van der Waals surface area contributed by atoms with Gasteiger partial charge in [0.15, 0.2) is 5.96 Å². The number of pyridine rings is 1. The molecule has 0 radical (unpaired) electrons. The van der Waals surface area contributed by atoms with Crippen LogP contribution < -0.4 is 10.6 Å². The van der Waals surface area contributed by atoms with Gasteiger partial charge in [0.25, 0.3) is 0 Å². The minimum atomic E-state index is 0.0757. The fourth-order valence-corrected chi connectivity index (χ4v) is 3.73. The van der Waals surface area contributed by atoms with Crippen LogP contribution in [0.4, 0.5) is 0 Å². The molecule has 2 heterocycles. The molecule has 5 heteroatoms. The molecule has 0 aromatic carbocycles. The summed E-state index contributed by atoms with van der Waals surface area (Å²) in [6.45, 7) is 16.3. The van der Waals surface area contributed by atoms with Crippen LogP contribution in [0.5, 0.6) is 0 Å². The van der Waals surface area contributed by atoms with Gasteiger partial charge in [0.2, 0.25) is 0 Å². The Bertz CT molecular complexity index is 545. The number of aliphatic imine (C=N–C) groups is 1. The molecule has 1 saturated heterocycles. The second-order valence-electron chi connectivity index (χ2n) is 8.36. The van der Waals surface area contributed by atoms with E-state index in [-0.39, 0.29) is 5.54 Å². The summed E-state index contributed by atoms with van der Waals surface area (Å²) >= 11 is 0. The van der Waals surface area contributed by atoms with Gasteiger partial charge in [-0.1, -0.05) is 19.9 Å². The second kappa shape index (κ2) is 9.91. The summed E-state index contributed by atoms with van der Waals surface area (Å²) in [7, 11) is 0. The standard InChI is InChI=1S/C21H37N5/c1-6-22-20(24-12-10-19-9-7-8-11-23-19)25-16-21(4,5)26-14-17(2)13-18(3)15-26/h7-9,11,17-18H,6,10,12-16H2,1-5H3,(H2,22,24,25). The predicted octanol–water partition coefficient (Wildman–Crippen LogP) is 2.94. The molecule has 1 aliphatic rings. The molecule has 0 bridgehead atoms. The van der Waals surface area contributed by atoms with Crippen LogP contribution in [0.15, 0.2) is 29.4 Å². The fourth-order valence-electron chi connectivity index (χ4n) is 3.73. The van der Waals surface area contributed by atoms with Gasteiger partial charge < -0.3 is 10.6 Å². The number of likely N-dealkylation sites (tertiary alicyclic amines) is 1. The Labute approximate surface area is 159 Å². The summed E-state index contributed by atoms with van der Waals surface area (Å²) in [5.74, 6) is 2.44. The number of nitrogens with one attached hydrogen (secondary N) is 2. The highest BCUT2D eigenvalue weighted by molar-refractivity contribution is 5.79. The molecule has 0 saturated carbocycles. The highest BCUT2D eigenvalue weighted by Gasteiger charge is 2.32. The fraction of sp³-hybridized carbons (Fsp3) is 0.714. The monoisotopic (exact) mass is 359 g/mol. The van der Waals surface area contributed by atoms with Gasteiger partial charge >= 0.3 is 0 Å². The molecular weight excluding hydrogens is 322 g/mol. The molecule has 2 rings (SSSR count). The van der Waals surface area contributed by atoms with Crippen molar-refractivity contribution in [3.05, 3.63) is 30.1 Å². The van der Waals surface area contributed by atoms with Gasteiger partial charge in [-0.15, -0.1) is 0 Å². The Kier molecular flexibility index (Phi) is 7.88. The van der Waals surface area contributed by atoms with Crippen molar-refractivity contribution in [1.82, 2.24) is 20.5 Å². The highest BCUT2D eigenvalue weighted by atomic mass is 15.2. The Morgan fingerprint density at radius 2 is 1.96 bits per heavy atom. The SMILES string of the molecule is CCNC(=NCC(C)(C)N1CC(C)CC(C)C1)NCCc1ccccn1. The molecular formula is C21H37N5. The lowest BCUT2D eigenvalue weighted by Crippen LogP contribution is -2.53. The lowest BCUT2D eigenvalue weighted by atomic mass is 9.88. The van der Waals surface area contributed by atoms with Gasteiger partial charge in [-0.3, -0.25) is 14.9 Å². The summed E-state index contributed by atoms with van der Waals surface area (Å²) in [6, 6.07) is 6.05. The molecule has 2 unspecified atom stereocenters. The average Bonchev–Trinajstić information content (AvgIpc) is 2.60. The minimum Gasteiger partial charge on any atom is -0.357 e. The zero-order chi connectivity index (χ0) is 19.0. The molecule has 2 N–H and O–H groups in total. The molecule has 1 aliphatic heterocycles. The third-order valence-corrected chi connectivity index (χ3v) is 5.09. The topological polar surface area (TPSA) is 52.6 Å². The van der Waals surface area contributed by atoms with Crippen molar-refractivity contribution >= 4 is 5.96 Å². The zero-order valence-electron chi connectivity index (χ0n) is 17.3. The zero-order valence-corrected chi connectivity index (χ0v) is 17.3. The first-order valence-corrected chi connectivity index (χ1v) is 10.1. The summed E-state index contributed by atoms with van der Waals surface area (Å²) in [5, 5.41) is 6.80. The Morgan fingerprint density at radius 1 is 1.23 bits per heavy atom. The number of hydrogen-bond donors (Lipinski definition) is 2. The summed E-state index contributed by atoms with van der Waals surface area (Å²) in [5.41, 5.74) is 1.18. The molecule has 1 fully saturated rings. The summed E-state index contributed by atoms with van der Waals surface area (Å²) in [4.78, 5) is 11.9. The molecule has 146 valence electrons. The summed E-state index contributed by atoms with van der Waals surface area (Å²) in [6.07, 6.45) is 4.08. The molecule has 5 nitrogen and oxygen atoms in total. The van der Waals surface area contributed by atoms with Crippen LogP contribution in [-0.4, -0.2) is 54.1 Å². The van der Waals surface area contributed by atoms with Crippen molar-refractivity contribution in [2.75, 3.05) is 32.7 Å². The van der Waals surface area contributed by atoms with Gasteiger partial charge in [-0.2, -0.15) is 0 Å². The third-order valence-electron chi connectivity index (χ3n) is 5.09. The van der Waals surface area contributed by atoms with E-state index in [1.165, 1.54) is 19.5 Å². The molecule has 0 aliphatic carbocycles. The van der Waals surface area contributed by atoms with Gasteiger partial charge in [0, 0.05) is 50.0 Å². The lowest BCUT2D eigenvalue weighted by Gasteiger charge is -2.44. The highest BCUT2D eigenvalue weighted by Crippen LogP contribution is 2.27. The molecule has 0 amide bonds. The molecule has 1 aromatic rings. The van der Waals surface area contributed by atoms with Crippen LogP contribution in [0, 0.1) is 11.8 Å². The van der Waals surface area contributed by atoms with E-state index in [0.29, 0.717) is 0 Å². The van der Waals surface area contributed by atoms with E-state index in [2.05, 4.69) is 61.2 Å². The number of rotatable bonds is 7. The molecule has 0 spiro atoms. The van der Waals surface area contributed by atoms with Crippen LogP contribution in [0.25, 0.3) is 0 Å². The maximum absolute atomic E-state index is 4.87. The van der Waals surface area contributed by atoms with Crippen LogP contribution in [0.3, 0.4) is 0 Å². The molecule has 1 aromatic heterocycles. The number of hydrogen-bond acceptors (Lipinski definition) is 3. The van der Waals surface area contributed by atoms with Gasteiger partial charge in [-0.25, -0.2) is 0 Å². The normalized spacial score (nSPS) is 22.3. The summed E-state index contributed by atoms with van der Waals surface area (Å²) < 4.78 is 0. The van der Waals surface area contributed by atoms with Crippen LogP contribution in [-0.2, 0) is 6.42 Å². The Hall–Kier alpha value is -1.62. The van der Waals surface area contributed by atoms with Crippen molar-refractivity contribution < 1.29 is 0 Å². The largest absolute Gasteiger partial charge is 0.357 e. The maximum Gasteiger partial charge on any atom is 0.191 e. The van der Waals surface area contributed by atoms with E-state index < -0.39 is 0 Å². The van der Waals surface area contributed by atoms with E-state index in [9.17, 15) is 0 Å². The Morgan fingerprint density at radius 3 is 2.58 bits per heavy atom. The first kappa shape index (κ1) is 20.7. The number of nitrogens with zero attached hydrogens (tertiary/aromatic N) is 3. The van der Waals surface area contributed by atoms with Crippen molar-refractivity contribution in [3.8, 4) is 0 Å². The predicted molar refractivity (Wildman–Crippen MR) is 111 cm³/mol. The maximum atomic E-state index is 4.87.